The Morgan fingerprint density at radius 1 is 1.11 bits per heavy atom. The van der Waals surface area contributed by atoms with Crippen molar-refractivity contribution in [3.63, 3.8) is 0 Å². The topological polar surface area (TPSA) is 63.7 Å². The van der Waals surface area contributed by atoms with Crippen LogP contribution < -0.4 is 4.74 Å². The number of hydrogen-bond acceptors (Lipinski definition) is 4. The summed E-state index contributed by atoms with van der Waals surface area (Å²) in [4.78, 5) is 15.9. The zero-order valence-corrected chi connectivity index (χ0v) is 16.0. The highest BCUT2D eigenvalue weighted by Crippen LogP contribution is 2.24. The summed E-state index contributed by atoms with van der Waals surface area (Å²) in [6.07, 6.45) is 6.69. The van der Waals surface area contributed by atoms with Crippen LogP contribution in [0.4, 0.5) is 4.39 Å². The molecule has 0 bridgehead atoms. The molecule has 4 rings (SSSR count). The second-order valence-electron chi connectivity index (χ2n) is 6.46. The van der Waals surface area contributed by atoms with Crippen LogP contribution in [-0.4, -0.2) is 27.0 Å². The van der Waals surface area contributed by atoms with Crippen molar-refractivity contribution in [2.24, 2.45) is 0 Å². The number of nitrogens with zero attached hydrogens (tertiary/aromatic N) is 3. The SMILES string of the molecule is COc1ncc(F)cc1CCc1ccc(Cc2c[nH]c3ncccc23)c(Cl)n1. The molecule has 0 aliphatic heterocycles. The Morgan fingerprint density at radius 3 is 2.82 bits per heavy atom. The van der Waals surface area contributed by atoms with Crippen LogP contribution in [0.2, 0.25) is 5.15 Å². The third-order valence-electron chi connectivity index (χ3n) is 4.64. The molecule has 1 N–H and O–H groups in total. The first-order valence-corrected chi connectivity index (χ1v) is 9.25. The van der Waals surface area contributed by atoms with Gasteiger partial charge in [0, 0.05) is 35.5 Å². The number of rotatable bonds is 6. The molecule has 0 saturated heterocycles. The van der Waals surface area contributed by atoms with E-state index >= 15 is 0 Å². The van der Waals surface area contributed by atoms with Gasteiger partial charge in [0.1, 0.15) is 16.6 Å². The fourth-order valence-corrected chi connectivity index (χ4v) is 3.47. The van der Waals surface area contributed by atoms with Crippen molar-refractivity contribution >= 4 is 22.6 Å². The van der Waals surface area contributed by atoms with E-state index in [0.717, 1.165) is 34.1 Å². The predicted molar refractivity (Wildman–Crippen MR) is 106 cm³/mol. The lowest BCUT2D eigenvalue weighted by molar-refractivity contribution is 0.390. The fourth-order valence-electron chi connectivity index (χ4n) is 3.23. The number of pyridine rings is 3. The van der Waals surface area contributed by atoms with Crippen molar-refractivity contribution in [2.75, 3.05) is 7.11 Å². The number of halogens is 2. The van der Waals surface area contributed by atoms with E-state index in [-0.39, 0.29) is 5.82 Å². The number of nitrogens with one attached hydrogen (secondary N) is 1. The first-order chi connectivity index (χ1) is 13.6. The van der Waals surface area contributed by atoms with Gasteiger partial charge in [-0.15, -0.1) is 0 Å². The lowest BCUT2D eigenvalue weighted by atomic mass is 10.0. The second-order valence-corrected chi connectivity index (χ2v) is 6.82. The molecule has 0 spiro atoms. The smallest absolute Gasteiger partial charge is 0.216 e. The number of aromatic amines is 1. The lowest BCUT2D eigenvalue weighted by Crippen LogP contribution is -2.01. The number of aryl methyl sites for hydroxylation is 2. The molecular formula is C21H18ClFN4O. The summed E-state index contributed by atoms with van der Waals surface area (Å²) in [6.45, 7) is 0. The summed E-state index contributed by atoms with van der Waals surface area (Å²) in [5.74, 6) is 0.0439. The van der Waals surface area contributed by atoms with E-state index in [0.29, 0.717) is 35.9 Å². The van der Waals surface area contributed by atoms with E-state index in [9.17, 15) is 4.39 Å². The number of aromatic nitrogens is 4. The maximum Gasteiger partial charge on any atom is 0.216 e. The van der Waals surface area contributed by atoms with Crippen LogP contribution >= 0.6 is 11.6 Å². The van der Waals surface area contributed by atoms with Crippen molar-refractivity contribution in [2.45, 2.75) is 19.3 Å². The molecule has 0 unspecified atom stereocenters. The van der Waals surface area contributed by atoms with Crippen LogP contribution in [-0.2, 0) is 19.3 Å². The van der Waals surface area contributed by atoms with E-state index in [1.165, 1.54) is 13.2 Å². The monoisotopic (exact) mass is 396 g/mol. The van der Waals surface area contributed by atoms with E-state index < -0.39 is 0 Å². The van der Waals surface area contributed by atoms with Gasteiger partial charge in [0.05, 0.1) is 13.3 Å². The normalized spacial score (nSPS) is 11.1. The van der Waals surface area contributed by atoms with Crippen LogP contribution in [0, 0.1) is 5.82 Å². The van der Waals surface area contributed by atoms with Gasteiger partial charge in [-0.3, -0.25) is 0 Å². The zero-order valence-electron chi connectivity index (χ0n) is 15.2. The molecule has 0 atom stereocenters. The highest BCUT2D eigenvalue weighted by atomic mass is 35.5. The summed E-state index contributed by atoms with van der Waals surface area (Å²) in [5.41, 5.74) is 4.46. The largest absolute Gasteiger partial charge is 0.481 e. The molecule has 0 aliphatic carbocycles. The van der Waals surface area contributed by atoms with Gasteiger partial charge in [-0.2, -0.15) is 0 Å². The first kappa shape index (κ1) is 18.4. The standard InChI is InChI=1S/C21H18ClFN4O/c1-28-21-14(10-16(23)12-26-21)5-7-17-6-4-13(19(22)27-17)9-15-11-25-20-18(15)3-2-8-24-20/h2-4,6,8,10-12H,5,7,9H2,1H3,(H,24,25). The Morgan fingerprint density at radius 2 is 2.00 bits per heavy atom. The van der Waals surface area contributed by atoms with Crippen LogP contribution in [0.25, 0.3) is 11.0 Å². The van der Waals surface area contributed by atoms with Crippen LogP contribution in [0.15, 0.2) is 48.9 Å². The van der Waals surface area contributed by atoms with Crippen LogP contribution in [0.1, 0.15) is 22.4 Å². The van der Waals surface area contributed by atoms with Gasteiger partial charge in [-0.25, -0.2) is 19.3 Å². The third-order valence-corrected chi connectivity index (χ3v) is 4.96. The quantitative estimate of drug-likeness (QED) is 0.486. The van der Waals surface area contributed by atoms with Gasteiger partial charge in [0.2, 0.25) is 5.88 Å². The van der Waals surface area contributed by atoms with E-state index in [2.05, 4.69) is 19.9 Å². The molecule has 28 heavy (non-hydrogen) atoms. The second kappa shape index (κ2) is 7.94. The Hall–Kier alpha value is -2.99. The summed E-state index contributed by atoms with van der Waals surface area (Å²) in [5, 5.41) is 1.55. The van der Waals surface area contributed by atoms with E-state index in [4.69, 9.17) is 16.3 Å². The molecule has 7 heteroatoms. The molecule has 4 heterocycles. The molecule has 0 saturated carbocycles. The van der Waals surface area contributed by atoms with Gasteiger partial charge >= 0.3 is 0 Å². The third kappa shape index (κ3) is 3.82. The van der Waals surface area contributed by atoms with E-state index in [1.54, 1.807) is 6.20 Å². The minimum absolute atomic E-state index is 0.384. The summed E-state index contributed by atoms with van der Waals surface area (Å²) >= 11 is 6.43. The Kier molecular flexibility index (Phi) is 5.21. The minimum atomic E-state index is -0.384. The fraction of sp³-hybridized carbons (Fsp3) is 0.190. The highest BCUT2D eigenvalue weighted by molar-refractivity contribution is 6.30. The average molecular weight is 397 g/mol. The molecule has 0 radical (unpaired) electrons. The van der Waals surface area contributed by atoms with Crippen molar-refractivity contribution in [3.8, 4) is 5.88 Å². The predicted octanol–water partition coefficient (Wildman–Crippen LogP) is 4.53. The Balaban J connectivity index is 1.50. The van der Waals surface area contributed by atoms with Crippen molar-refractivity contribution in [1.29, 1.82) is 0 Å². The molecule has 4 aromatic rings. The van der Waals surface area contributed by atoms with Crippen molar-refractivity contribution in [3.05, 3.63) is 82.3 Å². The summed E-state index contributed by atoms with van der Waals surface area (Å²) in [7, 11) is 1.52. The molecular weight excluding hydrogens is 379 g/mol. The molecule has 0 aromatic carbocycles. The summed E-state index contributed by atoms with van der Waals surface area (Å²) in [6, 6.07) is 9.32. The molecule has 0 amide bonds. The molecule has 0 aliphatic rings. The lowest BCUT2D eigenvalue weighted by Gasteiger charge is -2.09. The first-order valence-electron chi connectivity index (χ1n) is 8.87. The Labute approximate surface area is 166 Å². The molecule has 4 aromatic heterocycles. The van der Waals surface area contributed by atoms with Crippen molar-refractivity contribution in [1.82, 2.24) is 19.9 Å². The zero-order chi connectivity index (χ0) is 19.5. The average Bonchev–Trinajstić information content (AvgIpc) is 3.11. The highest BCUT2D eigenvalue weighted by Gasteiger charge is 2.11. The number of ether oxygens (including phenoxy) is 1. The van der Waals surface area contributed by atoms with Crippen LogP contribution in [0.5, 0.6) is 5.88 Å². The minimum Gasteiger partial charge on any atom is -0.481 e. The molecule has 142 valence electrons. The number of hydrogen-bond donors (Lipinski definition) is 1. The maximum atomic E-state index is 13.5. The van der Waals surface area contributed by atoms with Crippen molar-refractivity contribution < 1.29 is 9.13 Å². The maximum absolute atomic E-state index is 13.5. The van der Waals surface area contributed by atoms with Gasteiger partial charge in [0.25, 0.3) is 0 Å². The molecule has 5 nitrogen and oxygen atoms in total. The van der Waals surface area contributed by atoms with Crippen LogP contribution in [0.3, 0.4) is 0 Å². The van der Waals surface area contributed by atoms with Gasteiger partial charge < -0.3 is 9.72 Å². The van der Waals surface area contributed by atoms with E-state index in [1.807, 2.05) is 30.5 Å². The van der Waals surface area contributed by atoms with Gasteiger partial charge in [-0.1, -0.05) is 17.7 Å². The number of methoxy groups -OCH3 is 1. The summed E-state index contributed by atoms with van der Waals surface area (Å²) < 4.78 is 18.6. The van der Waals surface area contributed by atoms with Gasteiger partial charge in [-0.05, 0) is 48.2 Å². The number of H-pyrrole nitrogens is 1. The number of fused-ring (bicyclic) bond motifs is 1. The molecule has 0 fully saturated rings. The van der Waals surface area contributed by atoms with Gasteiger partial charge in [0.15, 0.2) is 0 Å². The Bertz CT molecular complexity index is 1130.